The normalized spacial score (nSPS) is 50.9. The van der Waals surface area contributed by atoms with E-state index in [2.05, 4.69) is 0 Å². The van der Waals surface area contributed by atoms with Gasteiger partial charge in [0.15, 0.2) is 6.29 Å². The lowest BCUT2D eigenvalue weighted by Crippen LogP contribution is -2.63. The predicted molar refractivity (Wildman–Crippen MR) is 77.3 cm³/mol. The Balaban J connectivity index is 2.20. The fourth-order valence-corrected chi connectivity index (χ4v) is 3.04. The number of hydrogen-bond donors (Lipinski definition) is 8. The molecule has 3 unspecified atom stereocenters. The predicted octanol–water partition coefficient (Wildman–Crippen LogP) is -5.19. The van der Waals surface area contributed by atoms with Gasteiger partial charge in [0.2, 0.25) is 5.79 Å². The van der Waals surface area contributed by atoms with Crippen molar-refractivity contribution in [3.05, 3.63) is 0 Å². The highest BCUT2D eigenvalue weighted by atomic mass is 31.0. The van der Waals surface area contributed by atoms with E-state index in [1.54, 1.807) is 0 Å². The largest absolute Gasteiger partial charge is 0.394 e. The van der Waals surface area contributed by atoms with Crippen LogP contribution in [0.1, 0.15) is 0 Å². The first-order valence-corrected chi connectivity index (χ1v) is 7.92. The van der Waals surface area contributed by atoms with Gasteiger partial charge in [-0.25, -0.2) is 0 Å². The topological polar surface area (TPSA) is 190 Å². The van der Waals surface area contributed by atoms with Gasteiger partial charge in [0, 0.05) is 0 Å². The summed E-state index contributed by atoms with van der Waals surface area (Å²) in [5.41, 5.74) is 0. The molecule has 2 fully saturated rings. The molecule has 0 aliphatic carbocycles. The minimum absolute atomic E-state index is 0.675. The maximum atomic E-state index is 10.0. The van der Waals surface area contributed by atoms with Crippen molar-refractivity contribution in [2.75, 3.05) is 13.2 Å². The zero-order valence-electron chi connectivity index (χ0n) is 12.5. The van der Waals surface area contributed by atoms with Gasteiger partial charge in [-0.1, -0.05) is 0 Å². The van der Waals surface area contributed by atoms with E-state index in [0.717, 1.165) is 0 Å². The van der Waals surface area contributed by atoms with Crippen LogP contribution in [0.3, 0.4) is 0 Å². The Bertz CT molecular complexity index is 426. The minimum atomic E-state index is -2.24. The van der Waals surface area contributed by atoms with Crippen molar-refractivity contribution < 1.29 is 55.1 Å². The second-order valence-electron chi connectivity index (χ2n) is 5.79. The van der Waals surface area contributed by atoms with Crippen LogP contribution < -0.4 is 0 Å². The van der Waals surface area contributed by atoms with Crippen LogP contribution in [-0.4, -0.2) is 115 Å². The molecular formula is C12H23O11P. The molecule has 2 rings (SSSR count). The highest BCUT2D eigenvalue weighted by Gasteiger charge is 2.58. The third kappa shape index (κ3) is 3.45. The molecule has 12 heteroatoms. The molecule has 2 heterocycles. The zero-order valence-corrected chi connectivity index (χ0v) is 13.6. The maximum Gasteiger partial charge on any atom is 0.224 e. The fourth-order valence-electron chi connectivity index (χ4n) is 2.72. The van der Waals surface area contributed by atoms with Crippen LogP contribution in [0.2, 0.25) is 0 Å². The smallest absolute Gasteiger partial charge is 0.224 e. The van der Waals surface area contributed by atoms with Crippen molar-refractivity contribution >= 4 is 9.24 Å². The Labute approximate surface area is 139 Å². The first-order chi connectivity index (χ1) is 11.2. The highest BCUT2D eigenvalue weighted by molar-refractivity contribution is 7.17. The third-order valence-electron chi connectivity index (χ3n) is 4.17. The van der Waals surface area contributed by atoms with Crippen LogP contribution >= 0.6 is 9.24 Å². The zero-order chi connectivity index (χ0) is 18.2. The Morgan fingerprint density at radius 3 is 2.08 bits per heavy atom. The van der Waals surface area contributed by atoms with Crippen molar-refractivity contribution in [1.82, 2.24) is 0 Å². The van der Waals surface area contributed by atoms with Gasteiger partial charge in [-0.15, -0.1) is 9.24 Å². The van der Waals surface area contributed by atoms with Crippen LogP contribution in [0, 0.1) is 0 Å². The summed E-state index contributed by atoms with van der Waals surface area (Å²) >= 11 is 0. The molecule has 0 aromatic rings. The molecule has 2 saturated heterocycles. The number of aliphatic hydroxyl groups is 8. The molecule has 0 amide bonds. The van der Waals surface area contributed by atoms with E-state index < -0.39 is 73.9 Å². The van der Waals surface area contributed by atoms with Crippen LogP contribution in [0.15, 0.2) is 0 Å². The minimum Gasteiger partial charge on any atom is -0.394 e. The summed E-state index contributed by atoms with van der Waals surface area (Å²) in [6, 6.07) is 0. The molecule has 2 aliphatic rings. The second kappa shape index (κ2) is 7.70. The van der Waals surface area contributed by atoms with E-state index in [1.165, 1.54) is 0 Å². The summed E-state index contributed by atoms with van der Waals surface area (Å²) in [4.78, 5) is 0. The number of rotatable bonds is 5. The van der Waals surface area contributed by atoms with Gasteiger partial charge in [-0.2, -0.15) is 0 Å². The Hall–Kier alpha value is -0.0100. The average Bonchev–Trinajstić information content (AvgIpc) is 2.80. The second-order valence-corrected chi connectivity index (χ2v) is 6.48. The summed E-state index contributed by atoms with van der Waals surface area (Å²) in [6.45, 7) is -1.65. The lowest BCUT2D eigenvalue weighted by molar-refractivity contribution is -0.384. The van der Waals surface area contributed by atoms with Gasteiger partial charge < -0.3 is 55.1 Å². The summed E-state index contributed by atoms with van der Waals surface area (Å²) < 4.78 is 15.6. The van der Waals surface area contributed by atoms with Crippen LogP contribution in [0.5, 0.6) is 0 Å². The molecule has 2 aliphatic heterocycles. The Morgan fingerprint density at radius 1 is 1.00 bits per heavy atom. The summed E-state index contributed by atoms with van der Waals surface area (Å²) in [5, 5.41) is 77.6. The molecule has 142 valence electrons. The van der Waals surface area contributed by atoms with Crippen molar-refractivity contribution in [3.8, 4) is 0 Å². The monoisotopic (exact) mass is 374 g/mol. The SMILES string of the molecule is OC[C@H]1OC(CO)(O[C@H]2O[C@H](C(O)P)[C@@H](O)[C@H](O)[C@H]2O)[C@@H](O)[C@@H]1O. The number of aliphatic hydroxyl groups excluding tert-OH is 8. The first kappa shape index (κ1) is 20.3. The summed E-state index contributed by atoms with van der Waals surface area (Å²) in [7, 11) is 1.94. The number of hydrogen-bond acceptors (Lipinski definition) is 11. The van der Waals surface area contributed by atoms with E-state index in [9.17, 15) is 35.7 Å². The van der Waals surface area contributed by atoms with E-state index in [4.69, 9.17) is 19.3 Å². The van der Waals surface area contributed by atoms with E-state index in [-0.39, 0.29) is 0 Å². The quantitative estimate of drug-likeness (QED) is 0.215. The molecule has 11 atom stereocenters. The van der Waals surface area contributed by atoms with Gasteiger partial charge in [-0.3, -0.25) is 0 Å². The van der Waals surface area contributed by atoms with E-state index in [1.807, 2.05) is 9.24 Å². The molecule has 0 saturated carbocycles. The molecule has 0 aromatic heterocycles. The highest BCUT2D eigenvalue weighted by Crippen LogP contribution is 2.36. The molecule has 24 heavy (non-hydrogen) atoms. The molecule has 8 N–H and O–H groups in total. The van der Waals surface area contributed by atoms with Crippen molar-refractivity contribution in [1.29, 1.82) is 0 Å². The van der Waals surface area contributed by atoms with Crippen LogP contribution in [0.25, 0.3) is 0 Å². The van der Waals surface area contributed by atoms with Gasteiger partial charge >= 0.3 is 0 Å². The summed E-state index contributed by atoms with van der Waals surface area (Å²) in [6.07, 6.45) is -12.9. The van der Waals surface area contributed by atoms with Crippen LogP contribution in [-0.2, 0) is 14.2 Å². The average molecular weight is 374 g/mol. The van der Waals surface area contributed by atoms with E-state index >= 15 is 0 Å². The third-order valence-corrected chi connectivity index (χ3v) is 4.54. The van der Waals surface area contributed by atoms with Gasteiger partial charge in [0.25, 0.3) is 0 Å². The maximum absolute atomic E-state index is 10.0. The van der Waals surface area contributed by atoms with Gasteiger partial charge in [0.05, 0.1) is 12.5 Å². The van der Waals surface area contributed by atoms with E-state index in [0.29, 0.717) is 0 Å². The summed E-state index contributed by atoms with van der Waals surface area (Å²) in [5.74, 6) is -3.56. The Kier molecular flexibility index (Phi) is 6.52. The molecule has 11 nitrogen and oxygen atoms in total. The lowest BCUT2D eigenvalue weighted by atomic mass is 9.98. The van der Waals surface area contributed by atoms with Gasteiger partial charge in [-0.05, 0) is 0 Å². The van der Waals surface area contributed by atoms with Crippen LogP contribution in [0.4, 0.5) is 0 Å². The molecule has 0 bridgehead atoms. The molecule has 0 radical (unpaired) electrons. The molecule has 0 aromatic carbocycles. The standard InChI is InChI=1S/C12H23O11P/c13-1-3-4(15)9(19)12(2-14,22-3)23-11-7(18)5(16)6(17)8(21-11)10(20)24/h3-11,13-20H,1-2,24H2/t3-,4-,5+,6+,7-,8+,9+,10?,11-,12?/m1/s1. The Morgan fingerprint density at radius 2 is 1.62 bits per heavy atom. The first-order valence-electron chi connectivity index (χ1n) is 7.25. The lowest BCUT2D eigenvalue weighted by Gasteiger charge is -2.44. The molecular weight excluding hydrogens is 351 g/mol. The van der Waals surface area contributed by atoms with Crippen molar-refractivity contribution in [3.63, 3.8) is 0 Å². The fraction of sp³-hybridized carbons (Fsp3) is 1.00. The molecule has 0 spiro atoms. The van der Waals surface area contributed by atoms with Crippen molar-refractivity contribution in [2.24, 2.45) is 0 Å². The van der Waals surface area contributed by atoms with Gasteiger partial charge in [0.1, 0.15) is 49.3 Å². The van der Waals surface area contributed by atoms with Crippen molar-refractivity contribution in [2.45, 2.75) is 60.6 Å². The number of ether oxygens (including phenoxy) is 3.